The van der Waals surface area contributed by atoms with Gasteiger partial charge in [-0.15, -0.1) is 5.10 Å². The third kappa shape index (κ3) is 2.81. The maximum atomic E-state index is 12.6. The first-order valence-electron chi connectivity index (χ1n) is 7.77. The first kappa shape index (κ1) is 15.5. The van der Waals surface area contributed by atoms with Crippen molar-refractivity contribution in [3.8, 4) is 17.1 Å². The normalized spacial score (nSPS) is 12.0. The van der Waals surface area contributed by atoms with Gasteiger partial charge in [0, 0.05) is 0 Å². The van der Waals surface area contributed by atoms with Crippen LogP contribution in [0, 0.1) is 6.92 Å². The Bertz CT molecular complexity index is 1160. The molecule has 0 aliphatic rings. The number of aromatic nitrogens is 3. The van der Waals surface area contributed by atoms with Crippen LogP contribution in [0.4, 0.5) is 0 Å². The summed E-state index contributed by atoms with van der Waals surface area (Å²) >= 11 is 1.33. The van der Waals surface area contributed by atoms with E-state index in [2.05, 4.69) is 10.1 Å². The summed E-state index contributed by atoms with van der Waals surface area (Å²) < 4.78 is 7.31. The van der Waals surface area contributed by atoms with Crippen LogP contribution in [0.25, 0.3) is 22.4 Å². The molecule has 25 heavy (non-hydrogen) atoms. The Labute approximate surface area is 147 Å². The van der Waals surface area contributed by atoms with Crippen molar-refractivity contribution >= 4 is 22.4 Å². The average molecular weight is 349 g/mol. The Morgan fingerprint density at radius 2 is 1.88 bits per heavy atom. The van der Waals surface area contributed by atoms with Gasteiger partial charge in [0.1, 0.15) is 5.75 Å². The van der Waals surface area contributed by atoms with Gasteiger partial charge in [-0.1, -0.05) is 53.3 Å². The third-order valence-electron chi connectivity index (χ3n) is 3.90. The van der Waals surface area contributed by atoms with E-state index in [4.69, 9.17) is 4.74 Å². The topological polar surface area (TPSA) is 56.5 Å². The summed E-state index contributed by atoms with van der Waals surface area (Å²) in [5.41, 5.74) is 2.78. The second-order valence-corrected chi connectivity index (χ2v) is 6.67. The minimum Gasteiger partial charge on any atom is -0.496 e. The van der Waals surface area contributed by atoms with Crippen molar-refractivity contribution in [1.82, 2.24) is 14.6 Å². The SMILES string of the molecule is COc1ccccc1-c1nc2s/c(=C\c3ccc(C)cc3)c(=O)n2n1. The molecule has 6 heteroatoms. The van der Waals surface area contributed by atoms with E-state index in [-0.39, 0.29) is 5.56 Å². The molecule has 0 radical (unpaired) electrons. The molecule has 0 fully saturated rings. The first-order chi connectivity index (χ1) is 12.2. The lowest BCUT2D eigenvalue weighted by molar-refractivity contribution is 0.416. The molecule has 0 N–H and O–H groups in total. The van der Waals surface area contributed by atoms with Gasteiger partial charge in [-0.2, -0.15) is 9.50 Å². The van der Waals surface area contributed by atoms with Crippen LogP contribution in [-0.2, 0) is 0 Å². The number of nitrogens with zero attached hydrogens (tertiary/aromatic N) is 3. The van der Waals surface area contributed by atoms with Gasteiger partial charge in [-0.05, 0) is 30.7 Å². The van der Waals surface area contributed by atoms with E-state index in [0.717, 1.165) is 11.1 Å². The minimum atomic E-state index is -0.158. The van der Waals surface area contributed by atoms with Crippen molar-refractivity contribution in [2.24, 2.45) is 0 Å². The highest BCUT2D eigenvalue weighted by molar-refractivity contribution is 7.15. The lowest BCUT2D eigenvalue weighted by atomic mass is 10.1. The fourth-order valence-electron chi connectivity index (χ4n) is 2.59. The van der Waals surface area contributed by atoms with Crippen molar-refractivity contribution in [1.29, 1.82) is 0 Å². The molecule has 0 saturated carbocycles. The average Bonchev–Trinajstić information content (AvgIpc) is 3.17. The summed E-state index contributed by atoms with van der Waals surface area (Å²) in [6, 6.07) is 15.5. The third-order valence-corrected chi connectivity index (χ3v) is 4.86. The molecule has 5 nitrogen and oxygen atoms in total. The smallest absolute Gasteiger partial charge is 0.291 e. The number of benzene rings is 2. The highest BCUT2D eigenvalue weighted by atomic mass is 32.1. The molecule has 0 atom stereocenters. The van der Waals surface area contributed by atoms with Crippen LogP contribution in [0.5, 0.6) is 5.75 Å². The van der Waals surface area contributed by atoms with Crippen LogP contribution in [-0.4, -0.2) is 21.7 Å². The molecule has 0 bridgehead atoms. The number of ether oxygens (including phenoxy) is 1. The molecular formula is C19H15N3O2S. The quantitative estimate of drug-likeness (QED) is 0.571. The van der Waals surface area contributed by atoms with Crippen LogP contribution < -0.4 is 14.8 Å². The predicted molar refractivity (Wildman–Crippen MR) is 99.1 cm³/mol. The minimum absolute atomic E-state index is 0.158. The van der Waals surface area contributed by atoms with Crippen LogP contribution in [0.15, 0.2) is 53.3 Å². The summed E-state index contributed by atoms with van der Waals surface area (Å²) in [6.45, 7) is 2.03. The number of thiazole rings is 1. The first-order valence-corrected chi connectivity index (χ1v) is 8.59. The Morgan fingerprint density at radius 1 is 1.12 bits per heavy atom. The number of hydrogen-bond donors (Lipinski definition) is 0. The van der Waals surface area contributed by atoms with Crippen molar-refractivity contribution in [3.63, 3.8) is 0 Å². The lowest BCUT2D eigenvalue weighted by Crippen LogP contribution is -2.23. The molecule has 0 saturated heterocycles. The Hall–Kier alpha value is -2.99. The molecule has 0 aliphatic heterocycles. The van der Waals surface area contributed by atoms with E-state index in [1.807, 2.05) is 61.5 Å². The van der Waals surface area contributed by atoms with E-state index < -0.39 is 0 Å². The molecular weight excluding hydrogens is 334 g/mol. The zero-order valence-electron chi connectivity index (χ0n) is 13.8. The monoisotopic (exact) mass is 349 g/mol. The largest absolute Gasteiger partial charge is 0.496 e. The number of para-hydroxylation sites is 1. The summed E-state index contributed by atoms with van der Waals surface area (Å²) in [6.07, 6.45) is 1.87. The summed E-state index contributed by atoms with van der Waals surface area (Å²) in [5.74, 6) is 1.17. The summed E-state index contributed by atoms with van der Waals surface area (Å²) in [4.78, 5) is 17.7. The number of aryl methyl sites for hydroxylation is 1. The van der Waals surface area contributed by atoms with E-state index in [0.29, 0.717) is 21.1 Å². The van der Waals surface area contributed by atoms with Crippen molar-refractivity contribution in [2.75, 3.05) is 7.11 Å². The molecule has 0 unspecified atom stereocenters. The Morgan fingerprint density at radius 3 is 2.60 bits per heavy atom. The van der Waals surface area contributed by atoms with E-state index >= 15 is 0 Å². The van der Waals surface area contributed by atoms with Gasteiger partial charge in [0.25, 0.3) is 5.56 Å². The fourth-order valence-corrected chi connectivity index (χ4v) is 3.50. The van der Waals surface area contributed by atoms with Gasteiger partial charge < -0.3 is 4.74 Å². The summed E-state index contributed by atoms with van der Waals surface area (Å²) in [5, 5.41) is 4.37. The molecule has 2 aromatic heterocycles. The molecule has 0 amide bonds. The summed E-state index contributed by atoms with van der Waals surface area (Å²) in [7, 11) is 1.60. The van der Waals surface area contributed by atoms with Gasteiger partial charge in [0.05, 0.1) is 17.2 Å². The van der Waals surface area contributed by atoms with E-state index in [1.165, 1.54) is 21.4 Å². The standard InChI is InChI=1S/C19H15N3O2S/c1-12-7-9-13(10-8-12)11-16-18(23)22-19(25-16)20-17(21-22)14-5-3-4-6-15(14)24-2/h3-11H,1-2H3/b16-11-. The zero-order chi connectivity index (χ0) is 17.4. The van der Waals surface area contributed by atoms with Gasteiger partial charge in [-0.3, -0.25) is 4.79 Å². The van der Waals surface area contributed by atoms with Gasteiger partial charge in [0.2, 0.25) is 4.96 Å². The second kappa shape index (κ2) is 6.14. The molecule has 2 heterocycles. The molecule has 4 aromatic rings. The fraction of sp³-hybridized carbons (Fsp3) is 0.105. The highest BCUT2D eigenvalue weighted by Gasteiger charge is 2.14. The van der Waals surface area contributed by atoms with Crippen molar-refractivity contribution in [3.05, 3.63) is 74.5 Å². The second-order valence-electron chi connectivity index (χ2n) is 5.66. The van der Waals surface area contributed by atoms with Crippen LogP contribution in [0.1, 0.15) is 11.1 Å². The maximum absolute atomic E-state index is 12.6. The van der Waals surface area contributed by atoms with Crippen LogP contribution in [0.3, 0.4) is 0 Å². The highest BCUT2D eigenvalue weighted by Crippen LogP contribution is 2.27. The van der Waals surface area contributed by atoms with Crippen LogP contribution in [0.2, 0.25) is 0 Å². The molecule has 0 spiro atoms. The predicted octanol–water partition coefficient (Wildman–Crippen LogP) is 2.68. The Balaban J connectivity index is 1.82. The van der Waals surface area contributed by atoms with E-state index in [9.17, 15) is 4.79 Å². The van der Waals surface area contributed by atoms with Gasteiger partial charge in [0.15, 0.2) is 5.82 Å². The zero-order valence-corrected chi connectivity index (χ0v) is 14.6. The molecule has 4 rings (SSSR count). The molecule has 2 aromatic carbocycles. The molecule has 124 valence electrons. The lowest BCUT2D eigenvalue weighted by Gasteiger charge is -2.03. The number of hydrogen-bond acceptors (Lipinski definition) is 5. The number of methoxy groups -OCH3 is 1. The van der Waals surface area contributed by atoms with Crippen molar-refractivity contribution < 1.29 is 4.74 Å². The van der Waals surface area contributed by atoms with Crippen molar-refractivity contribution in [2.45, 2.75) is 6.92 Å². The number of fused-ring (bicyclic) bond motifs is 1. The Kier molecular flexibility index (Phi) is 3.82. The number of rotatable bonds is 3. The van der Waals surface area contributed by atoms with Gasteiger partial charge >= 0.3 is 0 Å². The van der Waals surface area contributed by atoms with E-state index in [1.54, 1.807) is 7.11 Å². The van der Waals surface area contributed by atoms with Gasteiger partial charge in [-0.25, -0.2) is 0 Å². The maximum Gasteiger partial charge on any atom is 0.291 e. The molecule has 0 aliphatic carbocycles. The van der Waals surface area contributed by atoms with Crippen LogP contribution >= 0.6 is 11.3 Å².